The molecule has 0 aromatic carbocycles. The van der Waals surface area contributed by atoms with Crippen molar-refractivity contribution in [2.24, 2.45) is 11.8 Å². The fourth-order valence-electron chi connectivity index (χ4n) is 3.35. The van der Waals surface area contributed by atoms with E-state index in [0.717, 1.165) is 25.7 Å². The van der Waals surface area contributed by atoms with Gasteiger partial charge in [0.25, 0.3) is 5.91 Å². The van der Waals surface area contributed by atoms with Gasteiger partial charge in [0, 0.05) is 13.1 Å². The molecule has 2 N–H and O–H groups in total. The molecule has 0 aliphatic carbocycles. The number of nitrogens with zero attached hydrogens (tertiary/aromatic N) is 3. The van der Waals surface area contributed by atoms with E-state index in [4.69, 9.17) is 4.42 Å². The lowest BCUT2D eigenvalue weighted by molar-refractivity contribution is -0.154. The predicted molar refractivity (Wildman–Crippen MR) is 116 cm³/mol. The van der Waals surface area contributed by atoms with Gasteiger partial charge in [-0.1, -0.05) is 47.5 Å². The molecule has 0 radical (unpaired) electrons. The highest BCUT2D eigenvalue weighted by molar-refractivity contribution is 5.92. The molecule has 3 amide bonds. The van der Waals surface area contributed by atoms with Crippen LogP contribution >= 0.6 is 0 Å². The Bertz CT molecular complexity index is 685. The summed E-state index contributed by atoms with van der Waals surface area (Å²) < 4.78 is 5.59. The lowest BCUT2D eigenvalue weighted by Gasteiger charge is -2.24. The second kappa shape index (κ2) is 13.8. The number of aromatic nitrogens is 1. The van der Waals surface area contributed by atoms with E-state index in [2.05, 4.69) is 10.3 Å². The van der Waals surface area contributed by atoms with Crippen LogP contribution in [0.2, 0.25) is 0 Å². The van der Waals surface area contributed by atoms with E-state index >= 15 is 0 Å². The topological polar surface area (TPSA) is 116 Å². The lowest BCUT2D eigenvalue weighted by Crippen LogP contribution is -2.40. The number of oxazole rings is 1. The van der Waals surface area contributed by atoms with Gasteiger partial charge in [-0.15, -0.1) is 0 Å². The van der Waals surface area contributed by atoms with E-state index in [0.29, 0.717) is 24.6 Å². The molecule has 0 fully saturated rings. The molecule has 1 aromatic heterocycles. The quantitative estimate of drug-likeness (QED) is 0.246. The van der Waals surface area contributed by atoms with Crippen molar-refractivity contribution >= 4 is 18.2 Å². The Morgan fingerprint density at radius 3 is 2.35 bits per heavy atom. The molecule has 0 aliphatic rings. The van der Waals surface area contributed by atoms with Gasteiger partial charge in [-0.3, -0.25) is 19.6 Å². The highest BCUT2D eigenvalue weighted by atomic mass is 16.5. The molecule has 1 aromatic rings. The van der Waals surface area contributed by atoms with E-state index < -0.39 is 12.0 Å². The smallest absolute Gasteiger partial charge is 0.275 e. The van der Waals surface area contributed by atoms with Gasteiger partial charge in [-0.05, 0) is 25.2 Å². The first kappa shape index (κ1) is 26.6. The molecule has 1 heterocycles. The zero-order chi connectivity index (χ0) is 23.4. The molecule has 0 unspecified atom stereocenters. The van der Waals surface area contributed by atoms with E-state index in [1.165, 1.54) is 6.26 Å². The summed E-state index contributed by atoms with van der Waals surface area (Å²) in [5.41, 5.74) is 0.224. The van der Waals surface area contributed by atoms with Crippen molar-refractivity contribution in [1.82, 2.24) is 20.3 Å². The highest BCUT2D eigenvalue weighted by Gasteiger charge is 2.29. The maximum Gasteiger partial charge on any atom is 0.275 e. The Labute approximate surface area is 185 Å². The van der Waals surface area contributed by atoms with Crippen molar-refractivity contribution in [3.8, 4) is 0 Å². The zero-order valence-electron chi connectivity index (χ0n) is 19.5. The summed E-state index contributed by atoms with van der Waals surface area (Å²) in [6, 6.07) is -0.535. The van der Waals surface area contributed by atoms with Crippen LogP contribution in [0.25, 0.3) is 0 Å². The van der Waals surface area contributed by atoms with Crippen molar-refractivity contribution in [2.45, 2.75) is 72.8 Å². The number of carbonyl (C=O) groups excluding carboxylic acids is 3. The SMILES string of the molecule is CCCC[C@H](CN(O)C=O)C(=O)N[C@H](c1nc(C(=O)N(CCC)CCC)co1)C(C)C. The fraction of sp³-hybridized carbons (Fsp3) is 0.727. The molecular formula is C22H38N4O5. The lowest BCUT2D eigenvalue weighted by atomic mass is 9.98. The first-order valence-corrected chi connectivity index (χ1v) is 11.2. The number of carbonyl (C=O) groups is 3. The van der Waals surface area contributed by atoms with Crippen LogP contribution in [-0.2, 0) is 9.59 Å². The van der Waals surface area contributed by atoms with E-state index in [-0.39, 0.29) is 42.3 Å². The molecule has 9 nitrogen and oxygen atoms in total. The van der Waals surface area contributed by atoms with E-state index in [1.807, 2.05) is 34.6 Å². The Balaban J connectivity index is 2.99. The molecule has 0 bridgehead atoms. The number of rotatable bonds is 15. The summed E-state index contributed by atoms with van der Waals surface area (Å²) in [6.07, 6.45) is 5.55. The van der Waals surface area contributed by atoms with Gasteiger partial charge in [0.2, 0.25) is 18.2 Å². The van der Waals surface area contributed by atoms with E-state index in [9.17, 15) is 19.6 Å². The maximum atomic E-state index is 12.9. The summed E-state index contributed by atoms with van der Waals surface area (Å²) in [5.74, 6) is -0.814. The Morgan fingerprint density at radius 2 is 1.84 bits per heavy atom. The number of hydrogen-bond acceptors (Lipinski definition) is 6. The number of nitrogens with one attached hydrogen (secondary N) is 1. The van der Waals surface area contributed by atoms with Gasteiger partial charge < -0.3 is 14.6 Å². The van der Waals surface area contributed by atoms with Crippen LogP contribution in [0.3, 0.4) is 0 Å². The summed E-state index contributed by atoms with van der Waals surface area (Å²) >= 11 is 0. The standard InChI is InChI=1S/C22H38N4O5/c1-6-9-10-17(13-26(30)15-27)20(28)24-19(16(4)5)21-23-18(14-31-21)22(29)25(11-7-2)12-8-3/h14-17,19,30H,6-13H2,1-5H3,(H,24,28)/t17-,19+/m1/s1. The predicted octanol–water partition coefficient (Wildman–Crippen LogP) is 3.40. The maximum absolute atomic E-state index is 12.9. The van der Waals surface area contributed by atoms with Crippen molar-refractivity contribution in [3.05, 3.63) is 17.8 Å². The van der Waals surface area contributed by atoms with Crippen LogP contribution in [-0.4, -0.2) is 58.0 Å². The molecule has 1 rings (SSSR count). The van der Waals surface area contributed by atoms with E-state index in [1.54, 1.807) is 4.90 Å². The summed E-state index contributed by atoms with van der Waals surface area (Å²) in [7, 11) is 0. The normalized spacial score (nSPS) is 13.0. The summed E-state index contributed by atoms with van der Waals surface area (Å²) in [4.78, 5) is 42.6. The number of hydrogen-bond donors (Lipinski definition) is 2. The first-order chi connectivity index (χ1) is 14.8. The summed E-state index contributed by atoms with van der Waals surface area (Å²) in [5, 5.41) is 13.0. The minimum atomic E-state index is -0.558. The summed E-state index contributed by atoms with van der Waals surface area (Å²) in [6.45, 7) is 11.1. The third kappa shape index (κ3) is 8.32. The molecule has 0 saturated carbocycles. The van der Waals surface area contributed by atoms with Crippen molar-refractivity contribution < 1.29 is 24.0 Å². The van der Waals surface area contributed by atoms with Crippen molar-refractivity contribution in [1.29, 1.82) is 0 Å². The molecule has 0 aliphatic heterocycles. The fourth-order valence-corrected chi connectivity index (χ4v) is 3.35. The first-order valence-electron chi connectivity index (χ1n) is 11.2. The van der Waals surface area contributed by atoms with Gasteiger partial charge in [0.15, 0.2) is 5.69 Å². The van der Waals surface area contributed by atoms with Gasteiger partial charge in [-0.2, -0.15) is 0 Å². The Kier molecular flexibility index (Phi) is 11.8. The molecule has 9 heteroatoms. The van der Waals surface area contributed by atoms with Crippen LogP contribution in [0.5, 0.6) is 0 Å². The van der Waals surface area contributed by atoms with Crippen LogP contribution < -0.4 is 5.32 Å². The average molecular weight is 439 g/mol. The van der Waals surface area contributed by atoms with Crippen LogP contribution in [0.15, 0.2) is 10.7 Å². The highest BCUT2D eigenvalue weighted by Crippen LogP contribution is 2.23. The third-order valence-corrected chi connectivity index (χ3v) is 5.05. The Hall–Kier alpha value is -2.42. The van der Waals surface area contributed by atoms with Gasteiger partial charge in [0.05, 0.1) is 12.5 Å². The molecule has 0 spiro atoms. The van der Waals surface area contributed by atoms with Gasteiger partial charge in [-0.25, -0.2) is 10.0 Å². The zero-order valence-corrected chi connectivity index (χ0v) is 19.5. The van der Waals surface area contributed by atoms with Crippen molar-refractivity contribution in [3.63, 3.8) is 0 Å². The largest absolute Gasteiger partial charge is 0.446 e. The second-order valence-electron chi connectivity index (χ2n) is 8.16. The molecular weight excluding hydrogens is 400 g/mol. The Morgan fingerprint density at radius 1 is 1.19 bits per heavy atom. The molecule has 176 valence electrons. The van der Waals surface area contributed by atoms with Crippen molar-refractivity contribution in [2.75, 3.05) is 19.6 Å². The third-order valence-electron chi connectivity index (χ3n) is 5.05. The molecule has 0 saturated heterocycles. The molecule has 31 heavy (non-hydrogen) atoms. The minimum absolute atomic E-state index is 0.0453. The van der Waals surface area contributed by atoms with Crippen LogP contribution in [0.4, 0.5) is 0 Å². The molecule has 2 atom stereocenters. The van der Waals surface area contributed by atoms with Gasteiger partial charge >= 0.3 is 0 Å². The minimum Gasteiger partial charge on any atom is -0.446 e. The van der Waals surface area contributed by atoms with Crippen LogP contribution in [0.1, 0.15) is 89.1 Å². The second-order valence-corrected chi connectivity index (χ2v) is 8.16. The number of unbranched alkanes of at least 4 members (excludes halogenated alkanes) is 1. The number of hydroxylamine groups is 2. The number of amides is 3. The van der Waals surface area contributed by atoms with Crippen LogP contribution in [0, 0.1) is 11.8 Å². The van der Waals surface area contributed by atoms with Gasteiger partial charge in [0.1, 0.15) is 12.3 Å². The monoisotopic (exact) mass is 438 g/mol. The average Bonchev–Trinajstić information content (AvgIpc) is 3.23.